The summed E-state index contributed by atoms with van der Waals surface area (Å²) in [5.41, 5.74) is 8.40. The van der Waals surface area contributed by atoms with Gasteiger partial charge in [-0.3, -0.25) is 0 Å². The van der Waals surface area contributed by atoms with Crippen LogP contribution >= 0.6 is 0 Å². The first kappa shape index (κ1) is 24.4. The minimum Gasteiger partial charge on any atom is -0.494 e. The molecule has 0 saturated heterocycles. The van der Waals surface area contributed by atoms with Gasteiger partial charge in [0.25, 0.3) is 0 Å². The highest BCUT2D eigenvalue weighted by atomic mass is 16.5. The van der Waals surface area contributed by atoms with Crippen LogP contribution in [0.4, 0.5) is 0 Å². The highest BCUT2D eigenvalue weighted by Crippen LogP contribution is 2.67. The molecular formula is C30H51NO. The molecule has 3 saturated carbocycles. The number of allylic oxidation sites excluding steroid dienone is 1. The van der Waals surface area contributed by atoms with Crippen LogP contribution in [-0.4, -0.2) is 12.6 Å². The summed E-state index contributed by atoms with van der Waals surface area (Å²) >= 11 is 0. The van der Waals surface area contributed by atoms with Crippen molar-refractivity contribution >= 4 is 0 Å². The van der Waals surface area contributed by atoms with Crippen LogP contribution in [0.3, 0.4) is 0 Å². The van der Waals surface area contributed by atoms with Gasteiger partial charge < -0.3 is 10.5 Å². The standard InChI is InChI=1S/C30H51NO/c1-20(2)8-7-9-21(3)26-12-13-27-25-11-10-23-18-24(32-22(4)19-31)14-16-29(23,5)28(25)15-17-30(26,27)6/h10,20-21,24-28H,4,7-9,11-19,31H2,1-3,5-6H3/t21-,24+,25?,26-,27?,28?,29+,30-/m1/s1. The number of fused-ring (bicyclic) bond motifs is 5. The first-order chi connectivity index (χ1) is 15.2. The maximum absolute atomic E-state index is 6.08. The molecule has 0 aromatic heterocycles. The van der Waals surface area contributed by atoms with Crippen LogP contribution < -0.4 is 5.73 Å². The Balaban J connectivity index is 1.45. The monoisotopic (exact) mass is 441 g/mol. The Bertz CT molecular complexity index is 710. The van der Waals surface area contributed by atoms with Gasteiger partial charge in [0.1, 0.15) is 11.9 Å². The smallest absolute Gasteiger partial charge is 0.103 e. The molecule has 3 unspecified atom stereocenters. The molecule has 4 aliphatic carbocycles. The summed E-state index contributed by atoms with van der Waals surface area (Å²) in [6.45, 7) is 17.1. The van der Waals surface area contributed by atoms with Crippen molar-refractivity contribution in [2.24, 2.45) is 52.1 Å². The van der Waals surface area contributed by atoms with Gasteiger partial charge >= 0.3 is 0 Å². The molecule has 4 rings (SSSR count). The zero-order valence-corrected chi connectivity index (χ0v) is 21.8. The quantitative estimate of drug-likeness (QED) is 0.307. The summed E-state index contributed by atoms with van der Waals surface area (Å²) in [5, 5.41) is 0. The lowest BCUT2D eigenvalue weighted by atomic mass is 9.47. The second-order valence-corrected chi connectivity index (χ2v) is 13.0. The molecule has 0 radical (unpaired) electrons. The maximum atomic E-state index is 6.08. The van der Waals surface area contributed by atoms with E-state index in [4.69, 9.17) is 10.5 Å². The van der Waals surface area contributed by atoms with Gasteiger partial charge in [0.2, 0.25) is 0 Å². The minimum atomic E-state index is 0.290. The van der Waals surface area contributed by atoms with E-state index in [1.54, 1.807) is 5.57 Å². The van der Waals surface area contributed by atoms with Gasteiger partial charge in [-0.1, -0.05) is 72.1 Å². The second-order valence-electron chi connectivity index (χ2n) is 13.0. The van der Waals surface area contributed by atoms with Crippen molar-refractivity contribution < 1.29 is 4.74 Å². The zero-order valence-electron chi connectivity index (χ0n) is 21.8. The molecule has 0 aliphatic heterocycles. The Morgan fingerprint density at radius 3 is 2.59 bits per heavy atom. The third kappa shape index (κ3) is 4.35. The number of ether oxygens (including phenoxy) is 1. The van der Waals surface area contributed by atoms with Gasteiger partial charge in [0.15, 0.2) is 0 Å². The fourth-order valence-electron chi connectivity index (χ4n) is 9.04. The SMILES string of the molecule is C=C(CN)O[C@H]1CC[C@@]2(C)C(=CCC3C2CC[C@@]2(C)C3CC[C@@H]2[C@H](C)CCCC(C)C)C1. The van der Waals surface area contributed by atoms with Gasteiger partial charge in [0.05, 0.1) is 6.54 Å². The maximum Gasteiger partial charge on any atom is 0.103 e. The van der Waals surface area contributed by atoms with Gasteiger partial charge in [-0.2, -0.15) is 0 Å². The molecule has 0 aromatic rings. The van der Waals surface area contributed by atoms with E-state index in [0.717, 1.165) is 54.1 Å². The Morgan fingerprint density at radius 1 is 1.09 bits per heavy atom. The van der Waals surface area contributed by atoms with E-state index in [1.165, 1.54) is 57.8 Å². The third-order valence-electron chi connectivity index (χ3n) is 10.8. The lowest BCUT2D eigenvalue weighted by molar-refractivity contribution is -0.0592. The van der Waals surface area contributed by atoms with Crippen molar-refractivity contribution in [1.82, 2.24) is 0 Å². The lowest BCUT2D eigenvalue weighted by Crippen LogP contribution is -2.51. The number of hydrogen-bond donors (Lipinski definition) is 1. The number of nitrogens with two attached hydrogens (primary N) is 1. The van der Waals surface area contributed by atoms with Crippen LogP contribution in [0.15, 0.2) is 24.0 Å². The minimum absolute atomic E-state index is 0.290. The Morgan fingerprint density at radius 2 is 1.88 bits per heavy atom. The molecule has 0 bridgehead atoms. The molecule has 2 N–H and O–H groups in total. The van der Waals surface area contributed by atoms with E-state index in [1.807, 2.05) is 0 Å². The number of hydrogen-bond acceptors (Lipinski definition) is 2. The van der Waals surface area contributed by atoms with E-state index < -0.39 is 0 Å². The van der Waals surface area contributed by atoms with Crippen LogP contribution in [0.25, 0.3) is 0 Å². The molecule has 3 fully saturated rings. The Kier molecular flexibility index (Phi) is 7.21. The molecule has 4 aliphatic rings. The molecular weight excluding hydrogens is 390 g/mol. The molecule has 0 aromatic carbocycles. The van der Waals surface area contributed by atoms with Gasteiger partial charge in [0, 0.05) is 6.42 Å². The molecule has 8 atom stereocenters. The fourth-order valence-corrected chi connectivity index (χ4v) is 9.04. The van der Waals surface area contributed by atoms with Crippen molar-refractivity contribution in [1.29, 1.82) is 0 Å². The predicted octanol–water partition coefficient (Wildman–Crippen LogP) is 7.89. The molecule has 0 heterocycles. The van der Waals surface area contributed by atoms with Crippen molar-refractivity contribution in [2.45, 2.75) is 111 Å². The Hall–Kier alpha value is -0.760. The fraction of sp³-hybridized carbons (Fsp3) is 0.867. The summed E-state index contributed by atoms with van der Waals surface area (Å²) in [7, 11) is 0. The van der Waals surface area contributed by atoms with Crippen molar-refractivity contribution in [2.75, 3.05) is 6.54 Å². The molecule has 182 valence electrons. The molecule has 0 amide bonds. The summed E-state index contributed by atoms with van der Waals surface area (Å²) in [6, 6.07) is 0. The van der Waals surface area contributed by atoms with E-state index in [9.17, 15) is 0 Å². The summed E-state index contributed by atoms with van der Waals surface area (Å²) in [5.74, 6) is 6.18. The summed E-state index contributed by atoms with van der Waals surface area (Å²) < 4.78 is 6.08. The first-order valence-corrected chi connectivity index (χ1v) is 13.9. The largest absolute Gasteiger partial charge is 0.494 e. The van der Waals surface area contributed by atoms with Crippen LogP contribution in [0, 0.1) is 46.3 Å². The molecule has 32 heavy (non-hydrogen) atoms. The van der Waals surface area contributed by atoms with Gasteiger partial charge in [-0.25, -0.2) is 0 Å². The van der Waals surface area contributed by atoms with Crippen LogP contribution in [0.5, 0.6) is 0 Å². The zero-order chi connectivity index (χ0) is 23.1. The third-order valence-corrected chi connectivity index (χ3v) is 10.8. The van der Waals surface area contributed by atoms with E-state index in [0.29, 0.717) is 23.5 Å². The second kappa shape index (κ2) is 9.47. The van der Waals surface area contributed by atoms with E-state index in [-0.39, 0.29) is 0 Å². The average Bonchev–Trinajstić information content (AvgIpc) is 3.11. The topological polar surface area (TPSA) is 35.2 Å². The normalized spacial score (nSPS) is 42.0. The highest BCUT2D eigenvalue weighted by Gasteiger charge is 2.59. The van der Waals surface area contributed by atoms with E-state index in [2.05, 4.69) is 47.3 Å². The Labute approximate surface area is 198 Å². The van der Waals surface area contributed by atoms with E-state index >= 15 is 0 Å². The summed E-state index contributed by atoms with van der Waals surface area (Å²) in [6.07, 6.45) is 17.9. The average molecular weight is 442 g/mol. The van der Waals surface area contributed by atoms with Gasteiger partial charge in [-0.05, 0) is 91.3 Å². The van der Waals surface area contributed by atoms with Crippen LogP contribution in [0.2, 0.25) is 0 Å². The number of rotatable bonds is 8. The molecule has 2 heteroatoms. The predicted molar refractivity (Wildman–Crippen MR) is 136 cm³/mol. The first-order valence-electron chi connectivity index (χ1n) is 13.9. The summed E-state index contributed by atoms with van der Waals surface area (Å²) in [4.78, 5) is 0. The highest BCUT2D eigenvalue weighted by molar-refractivity contribution is 5.25. The van der Waals surface area contributed by atoms with Crippen molar-refractivity contribution in [3.8, 4) is 0 Å². The van der Waals surface area contributed by atoms with Crippen LogP contribution in [-0.2, 0) is 4.74 Å². The van der Waals surface area contributed by atoms with Crippen LogP contribution in [0.1, 0.15) is 105 Å². The van der Waals surface area contributed by atoms with Crippen molar-refractivity contribution in [3.63, 3.8) is 0 Å². The van der Waals surface area contributed by atoms with Gasteiger partial charge in [-0.15, -0.1) is 0 Å². The molecule has 2 nitrogen and oxygen atoms in total. The van der Waals surface area contributed by atoms with Crippen molar-refractivity contribution in [3.05, 3.63) is 24.0 Å². The molecule has 0 spiro atoms. The lowest BCUT2D eigenvalue weighted by Gasteiger charge is -2.58.